The highest BCUT2D eigenvalue weighted by atomic mass is 16.2. The second-order valence-corrected chi connectivity index (χ2v) is 6.94. The van der Waals surface area contributed by atoms with Gasteiger partial charge in [-0.25, -0.2) is 0 Å². The molecule has 1 aromatic carbocycles. The lowest BCUT2D eigenvalue weighted by molar-refractivity contribution is -0.133. The van der Waals surface area contributed by atoms with Crippen LogP contribution in [0.3, 0.4) is 0 Å². The molecular formula is C19H31N3O. The number of likely N-dealkylation sites (N-methyl/N-ethyl adjacent to an activating group) is 1. The lowest BCUT2D eigenvalue weighted by atomic mass is 9.99. The molecule has 0 spiro atoms. The van der Waals surface area contributed by atoms with E-state index in [4.69, 9.17) is 0 Å². The molecule has 1 aromatic rings. The highest BCUT2D eigenvalue weighted by Crippen LogP contribution is 2.19. The minimum absolute atomic E-state index is 0.287. The standard InChI is InChI=1S/C19H31N3O/c1-20(2)13-14-22(16-17-9-5-4-6-10-17)19(23)15-18-11-7-8-12-21(18)3/h4-6,9-10,18H,7-8,11-16H2,1-3H3/t18-/m1/s1. The van der Waals surface area contributed by atoms with Gasteiger partial charge < -0.3 is 14.7 Å². The van der Waals surface area contributed by atoms with E-state index in [1.165, 1.54) is 18.4 Å². The fourth-order valence-electron chi connectivity index (χ4n) is 3.15. The van der Waals surface area contributed by atoms with Gasteiger partial charge in [0, 0.05) is 32.1 Å². The molecule has 0 aliphatic carbocycles. The first-order chi connectivity index (χ1) is 11.1. The van der Waals surface area contributed by atoms with E-state index in [1.807, 2.05) is 23.1 Å². The zero-order chi connectivity index (χ0) is 16.7. The molecule has 1 amide bonds. The van der Waals surface area contributed by atoms with Crippen LogP contribution in [0, 0.1) is 0 Å². The number of rotatable bonds is 7. The largest absolute Gasteiger partial charge is 0.337 e. The average molecular weight is 317 g/mol. The van der Waals surface area contributed by atoms with Crippen LogP contribution in [0.1, 0.15) is 31.2 Å². The highest BCUT2D eigenvalue weighted by molar-refractivity contribution is 5.76. The molecule has 1 fully saturated rings. The molecule has 0 saturated carbocycles. The van der Waals surface area contributed by atoms with E-state index in [-0.39, 0.29) is 5.91 Å². The number of benzene rings is 1. The van der Waals surface area contributed by atoms with Gasteiger partial charge >= 0.3 is 0 Å². The van der Waals surface area contributed by atoms with Crippen molar-refractivity contribution < 1.29 is 4.79 Å². The summed E-state index contributed by atoms with van der Waals surface area (Å²) >= 11 is 0. The lowest BCUT2D eigenvalue weighted by Crippen LogP contribution is -2.43. The number of likely N-dealkylation sites (tertiary alicyclic amines) is 1. The van der Waals surface area contributed by atoms with Crippen LogP contribution >= 0.6 is 0 Å². The maximum Gasteiger partial charge on any atom is 0.224 e. The smallest absolute Gasteiger partial charge is 0.224 e. The minimum atomic E-state index is 0.287. The van der Waals surface area contributed by atoms with E-state index < -0.39 is 0 Å². The number of nitrogens with zero attached hydrogens (tertiary/aromatic N) is 3. The van der Waals surface area contributed by atoms with Crippen LogP contribution in [0.5, 0.6) is 0 Å². The molecule has 0 radical (unpaired) electrons. The van der Waals surface area contributed by atoms with E-state index in [9.17, 15) is 4.79 Å². The summed E-state index contributed by atoms with van der Waals surface area (Å²) in [6.45, 7) is 3.52. The van der Waals surface area contributed by atoms with E-state index >= 15 is 0 Å². The molecule has 0 bridgehead atoms. The first kappa shape index (κ1) is 18.0. The zero-order valence-corrected chi connectivity index (χ0v) is 14.9. The Balaban J connectivity index is 1.98. The maximum absolute atomic E-state index is 12.9. The molecule has 23 heavy (non-hydrogen) atoms. The van der Waals surface area contributed by atoms with Crippen LogP contribution in [0.15, 0.2) is 30.3 Å². The van der Waals surface area contributed by atoms with Gasteiger partial charge in [0.15, 0.2) is 0 Å². The topological polar surface area (TPSA) is 26.8 Å². The Morgan fingerprint density at radius 3 is 2.57 bits per heavy atom. The number of amides is 1. The third kappa shape index (κ3) is 5.96. The molecule has 1 saturated heterocycles. The Morgan fingerprint density at radius 1 is 1.17 bits per heavy atom. The van der Waals surface area contributed by atoms with Gasteiger partial charge in [-0.1, -0.05) is 36.8 Å². The van der Waals surface area contributed by atoms with Crippen LogP contribution in [0.2, 0.25) is 0 Å². The summed E-state index contributed by atoms with van der Waals surface area (Å²) in [5.74, 6) is 0.287. The van der Waals surface area contributed by atoms with Gasteiger partial charge in [-0.3, -0.25) is 4.79 Å². The third-order valence-electron chi connectivity index (χ3n) is 4.72. The molecule has 128 valence electrons. The Morgan fingerprint density at radius 2 is 1.91 bits per heavy atom. The van der Waals surface area contributed by atoms with Crippen molar-refractivity contribution in [2.24, 2.45) is 0 Å². The summed E-state index contributed by atoms with van der Waals surface area (Å²) in [4.78, 5) is 19.4. The SMILES string of the molecule is CN(C)CCN(Cc1ccccc1)C(=O)C[C@H]1CCCCN1C. The summed E-state index contributed by atoms with van der Waals surface area (Å²) in [7, 11) is 6.26. The third-order valence-corrected chi connectivity index (χ3v) is 4.72. The Hall–Kier alpha value is -1.39. The molecule has 1 aliphatic rings. The van der Waals surface area contributed by atoms with Crippen LogP contribution in [-0.2, 0) is 11.3 Å². The predicted molar refractivity (Wildman–Crippen MR) is 95.3 cm³/mol. The van der Waals surface area contributed by atoms with Crippen LogP contribution in [-0.4, -0.2) is 67.4 Å². The van der Waals surface area contributed by atoms with Gasteiger partial charge in [0.25, 0.3) is 0 Å². The summed E-state index contributed by atoms with van der Waals surface area (Å²) in [6, 6.07) is 10.7. The summed E-state index contributed by atoms with van der Waals surface area (Å²) in [6.07, 6.45) is 4.31. The van der Waals surface area contributed by atoms with Gasteiger partial charge in [0.1, 0.15) is 0 Å². The van der Waals surface area contributed by atoms with E-state index in [2.05, 4.69) is 43.1 Å². The van der Waals surface area contributed by atoms with Crippen molar-refractivity contribution in [3.63, 3.8) is 0 Å². The van der Waals surface area contributed by atoms with Crippen molar-refractivity contribution in [3.05, 3.63) is 35.9 Å². The van der Waals surface area contributed by atoms with Crippen molar-refractivity contribution in [1.82, 2.24) is 14.7 Å². The van der Waals surface area contributed by atoms with Gasteiger partial charge in [-0.15, -0.1) is 0 Å². The zero-order valence-electron chi connectivity index (χ0n) is 14.9. The Bertz CT molecular complexity index is 475. The predicted octanol–water partition coefficient (Wildman–Crippen LogP) is 2.45. The van der Waals surface area contributed by atoms with Crippen molar-refractivity contribution in [3.8, 4) is 0 Å². The van der Waals surface area contributed by atoms with Crippen molar-refractivity contribution >= 4 is 5.91 Å². The van der Waals surface area contributed by atoms with Crippen molar-refractivity contribution in [1.29, 1.82) is 0 Å². The molecular weight excluding hydrogens is 286 g/mol. The molecule has 0 N–H and O–H groups in total. The molecule has 1 atom stereocenters. The molecule has 1 aliphatic heterocycles. The van der Waals surface area contributed by atoms with Crippen molar-refractivity contribution in [2.45, 2.75) is 38.3 Å². The number of hydrogen-bond acceptors (Lipinski definition) is 3. The molecule has 0 unspecified atom stereocenters. The van der Waals surface area contributed by atoms with Crippen LogP contribution < -0.4 is 0 Å². The molecule has 2 rings (SSSR count). The summed E-state index contributed by atoms with van der Waals surface area (Å²) < 4.78 is 0. The minimum Gasteiger partial charge on any atom is -0.337 e. The first-order valence-electron chi connectivity index (χ1n) is 8.73. The number of carbonyl (C=O) groups is 1. The normalized spacial score (nSPS) is 19.0. The van der Waals surface area contributed by atoms with Gasteiger partial charge in [0.05, 0.1) is 0 Å². The highest BCUT2D eigenvalue weighted by Gasteiger charge is 2.24. The fourth-order valence-corrected chi connectivity index (χ4v) is 3.15. The number of carbonyl (C=O) groups excluding carboxylic acids is 1. The lowest BCUT2D eigenvalue weighted by Gasteiger charge is -2.34. The Kier molecular flexibility index (Phi) is 7.06. The van der Waals surface area contributed by atoms with Crippen LogP contribution in [0.4, 0.5) is 0 Å². The second-order valence-electron chi connectivity index (χ2n) is 6.94. The van der Waals surface area contributed by atoms with E-state index in [1.54, 1.807) is 0 Å². The quantitative estimate of drug-likeness (QED) is 0.773. The first-order valence-corrected chi connectivity index (χ1v) is 8.73. The molecule has 4 heteroatoms. The summed E-state index contributed by atoms with van der Waals surface area (Å²) in [5.41, 5.74) is 1.21. The van der Waals surface area contributed by atoms with Gasteiger partial charge in [-0.2, -0.15) is 0 Å². The van der Waals surface area contributed by atoms with E-state index in [0.29, 0.717) is 19.0 Å². The van der Waals surface area contributed by atoms with Crippen molar-refractivity contribution in [2.75, 3.05) is 40.8 Å². The number of piperidine rings is 1. The second kappa shape index (κ2) is 9.04. The summed E-state index contributed by atoms with van der Waals surface area (Å²) in [5, 5.41) is 0. The maximum atomic E-state index is 12.9. The molecule has 0 aromatic heterocycles. The van der Waals surface area contributed by atoms with Gasteiger partial charge in [0.2, 0.25) is 5.91 Å². The fraction of sp³-hybridized carbons (Fsp3) is 0.632. The molecule has 1 heterocycles. The average Bonchev–Trinajstić information content (AvgIpc) is 2.54. The molecule has 4 nitrogen and oxygen atoms in total. The monoisotopic (exact) mass is 317 g/mol. The van der Waals surface area contributed by atoms with Gasteiger partial charge in [-0.05, 0) is 46.1 Å². The Labute approximate surface area is 141 Å². The number of hydrogen-bond donors (Lipinski definition) is 0. The van der Waals surface area contributed by atoms with E-state index in [0.717, 1.165) is 26.1 Å². The van der Waals surface area contributed by atoms with Crippen LogP contribution in [0.25, 0.3) is 0 Å².